The van der Waals surface area contributed by atoms with Crippen LogP contribution in [0, 0.1) is 16.7 Å². The van der Waals surface area contributed by atoms with Crippen molar-refractivity contribution in [3.8, 4) is 0 Å². The molecule has 2 aliphatic carbocycles. The molecule has 2 bridgehead atoms. The normalized spacial score (nSPS) is 43.6. The highest BCUT2D eigenvalue weighted by Gasteiger charge is 2.67. The van der Waals surface area contributed by atoms with E-state index in [4.69, 9.17) is 0 Å². The molecule has 0 radical (unpaired) electrons. The quantitative estimate of drug-likeness (QED) is 0.815. The second-order valence-electron chi connectivity index (χ2n) is 7.49. The molecule has 1 unspecified atom stereocenters. The molecule has 0 heterocycles. The number of aliphatic hydroxyl groups is 1. The van der Waals surface area contributed by atoms with Crippen LogP contribution in [0.2, 0.25) is 0 Å². The number of hydrogen-bond donors (Lipinski definition) is 1. The van der Waals surface area contributed by atoms with Crippen molar-refractivity contribution in [2.45, 2.75) is 58.5 Å². The zero-order chi connectivity index (χ0) is 12.9. The van der Waals surface area contributed by atoms with E-state index in [1.165, 1.54) is 19.3 Å². The van der Waals surface area contributed by atoms with Gasteiger partial charge in [0.2, 0.25) is 0 Å². The molecule has 0 aliphatic heterocycles. The molecule has 1 N–H and O–H groups in total. The van der Waals surface area contributed by atoms with Gasteiger partial charge in [0.1, 0.15) is 0 Å². The lowest BCUT2D eigenvalue weighted by molar-refractivity contribution is -0.148. The Balaban J connectivity index is 2.11. The molecule has 0 amide bonds. The minimum atomic E-state index is -0.446. The van der Waals surface area contributed by atoms with Gasteiger partial charge in [-0.05, 0) is 69.5 Å². The Morgan fingerprint density at radius 3 is 2.35 bits per heavy atom. The van der Waals surface area contributed by atoms with Gasteiger partial charge in [-0.25, -0.2) is 0 Å². The topological polar surface area (TPSA) is 23.5 Å². The van der Waals surface area contributed by atoms with Crippen LogP contribution in [-0.2, 0) is 0 Å². The fourth-order valence-electron chi connectivity index (χ4n) is 4.62. The van der Waals surface area contributed by atoms with Crippen LogP contribution in [0.5, 0.6) is 0 Å². The van der Waals surface area contributed by atoms with Gasteiger partial charge in [-0.3, -0.25) is 0 Å². The van der Waals surface area contributed by atoms with Crippen LogP contribution in [0.3, 0.4) is 0 Å². The number of fused-ring (bicyclic) bond motifs is 2. The molecular weight excluding hydrogens is 210 g/mol. The van der Waals surface area contributed by atoms with Crippen LogP contribution in [0.1, 0.15) is 52.9 Å². The Morgan fingerprint density at radius 1 is 1.24 bits per heavy atom. The lowest BCUT2D eigenvalue weighted by Crippen LogP contribution is -2.54. The average molecular weight is 239 g/mol. The first kappa shape index (κ1) is 13.4. The van der Waals surface area contributed by atoms with Gasteiger partial charge in [0.15, 0.2) is 0 Å². The molecule has 100 valence electrons. The standard InChI is InChI=1S/C15H29NO/c1-13(2)12-7-9-14(3,11-12)15(13,17)8-6-10-16(4)5/h12,17H,6-11H2,1-5H3/t12?,14-,15+/m1/s1. The van der Waals surface area contributed by atoms with E-state index in [9.17, 15) is 5.11 Å². The summed E-state index contributed by atoms with van der Waals surface area (Å²) in [4.78, 5) is 2.21. The van der Waals surface area contributed by atoms with Crippen LogP contribution in [0.15, 0.2) is 0 Å². The van der Waals surface area contributed by atoms with Crippen molar-refractivity contribution in [1.29, 1.82) is 0 Å². The third-order valence-corrected chi connectivity index (χ3v) is 5.97. The van der Waals surface area contributed by atoms with Crippen LogP contribution < -0.4 is 0 Å². The molecule has 0 aromatic heterocycles. The van der Waals surface area contributed by atoms with Gasteiger partial charge in [0, 0.05) is 0 Å². The van der Waals surface area contributed by atoms with Gasteiger partial charge in [-0.2, -0.15) is 0 Å². The molecule has 0 saturated heterocycles. The van der Waals surface area contributed by atoms with E-state index in [1.807, 2.05) is 0 Å². The van der Waals surface area contributed by atoms with E-state index in [0.29, 0.717) is 0 Å². The van der Waals surface area contributed by atoms with E-state index in [1.54, 1.807) is 0 Å². The summed E-state index contributed by atoms with van der Waals surface area (Å²) in [5.41, 5.74) is -0.168. The van der Waals surface area contributed by atoms with Crippen molar-refractivity contribution in [2.24, 2.45) is 16.7 Å². The maximum Gasteiger partial charge on any atom is 0.0754 e. The minimum absolute atomic E-state index is 0.103. The lowest BCUT2D eigenvalue weighted by atomic mass is 9.59. The van der Waals surface area contributed by atoms with E-state index in [0.717, 1.165) is 25.3 Å². The summed E-state index contributed by atoms with van der Waals surface area (Å²) in [6.07, 6.45) is 5.85. The van der Waals surface area contributed by atoms with Crippen LogP contribution in [-0.4, -0.2) is 36.2 Å². The van der Waals surface area contributed by atoms with Crippen LogP contribution in [0.25, 0.3) is 0 Å². The zero-order valence-electron chi connectivity index (χ0n) is 12.2. The van der Waals surface area contributed by atoms with E-state index in [2.05, 4.69) is 39.8 Å². The lowest BCUT2D eigenvalue weighted by Gasteiger charge is -2.51. The van der Waals surface area contributed by atoms with E-state index >= 15 is 0 Å². The Kier molecular flexibility index (Phi) is 3.11. The molecule has 2 rings (SSSR count). The summed E-state index contributed by atoms with van der Waals surface area (Å²) >= 11 is 0. The molecule has 2 nitrogen and oxygen atoms in total. The first-order valence-corrected chi connectivity index (χ1v) is 7.10. The van der Waals surface area contributed by atoms with Gasteiger partial charge >= 0.3 is 0 Å². The van der Waals surface area contributed by atoms with Crippen LogP contribution in [0.4, 0.5) is 0 Å². The predicted molar refractivity (Wildman–Crippen MR) is 72.0 cm³/mol. The molecule has 2 aliphatic rings. The largest absolute Gasteiger partial charge is 0.389 e. The molecule has 17 heavy (non-hydrogen) atoms. The van der Waals surface area contributed by atoms with E-state index in [-0.39, 0.29) is 10.8 Å². The molecule has 2 saturated carbocycles. The first-order chi connectivity index (χ1) is 7.73. The highest BCUT2D eigenvalue weighted by molar-refractivity contribution is 5.17. The minimum Gasteiger partial charge on any atom is -0.389 e. The first-order valence-electron chi connectivity index (χ1n) is 7.10. The second-order valence-corrected chi connectivity index (χ2v) is 7.49. The third-order valence-electron chi connectivity index (χ3n) is 5.97. The fraction of sp³-hybridized carbons (Fsp3) is 1.00. The SMILES string of the molecule is CN(C)CCC[C@]1(O)C(C)(C)C2CC[C@]1(C)C2. The maximum atomic E-state index is 11.3. The summed E-state index contributed by atoms with van der Waals surface area (Å²) < 4.78 is 0. The Labute approximate surface area is 106 Å². The van der Waals surface area contributed by atoms with Crippen LogP contribution >= 0.6 is 0 Å². The highest BCUT2D eigenvalue weighted by atomic mass is 16.3. The highest BCUT2D eigenvalue weighted by Crippen LogP contribution is 2.69. The Morgan fingerprint density at radius 2 is 1.88 bits per heavy atom. The molecule has 2 fully saturated rings. The smallest absolute Gasteiger partial charge is 0.0754 e. The number of nitrogens with zero attached hydrogens (tertiary/aromatic N) is 1. The molecular formula is C15H29NO. The summed E-state index contributed by atoms with van der Waals surface area (Å²) in [7, 11) is 4.22. The van der Waals surface area contributed by atoms with Gasteiger partial charge in [0.05, 0.1) is 5.60 Å². The second kappa shape index (κ2) is 3.96. The van der Waals surface area contributed by atoms with Crippen molar-refractivity contribution < 1.29 is 5.11 Å². The predicted octanol–water partition coefficient (Wildman–Crippen LogP) is 2.91. The van der Waals surface area contributed by atoms with Gasteiger partial charge < -0.3 is 10.0 Å². The molecule has 0 aromatic rings. The summed E-state index contributed by atoms with van der Waals surface area (Å²) in [5, 5.41) is 11.3. The Hall–Kier alpha value is -0.0800. The average Bonchev–Trinajstić information content (AvgIpc) is 2.65. The molecule has 0 spiro atoms. The van der Waals surface area contributed by atoms with Crippen molar-refractivity contribution >= 4 is 0 Å². The van der Waals surface area contributed by atoms with Gasteiger partial charge in [-0.15, -0.1) is 0 Å². The molecule has 0 aromatic carbocycles. The van der Waals surface area contributed by atoms with Gasteiger partial charge in [0.25, 0.3) is 0 Å². The summed E-state index contributed by atoms with van der Waals surface area (Å²) in [5.74, 6) is 0.733. The van der Waals surface area contributed by atoms with Crippen molar-refractivity contribution in [3.63, 3.8) is 0 Å². The third kappa shape index (κ3) is 1.76. The Bertz CT molecular complexity index is 293. The molecule has 2 heteroatoms. The maximum absolute atomic E-state index is 11.3. The number of hydrogen-bond acceptors (Lipinski definition) is 2. The summed E-state index contributed by atoms with van der Waals surface area (Å²) in [6.45, 7) is 7.98. The van der Waals surface area contributed by atoms with Crippen molar-refractivity contribution in [3.05, 3.63) is 0 Å². The monoisotopic (exact) mass is 239 g/mol. The zero-order valence-corrected chi connectivity index (χ0v) is 12.2. The molecule has 3 atom stereocenters. The van der Waals surface area contributed by atoms with Crippen molar-refractivity contribution in [1.82, 2.24) is 4.90 Å². The fourth-order valence-corrected chi connectivity index (χ4v) is 4.62. The summed E-state index contributed by atoms with van der Waals surface area (Å²) in [6, 6.07) is 0. The van der Waals surface area contributed by atoms with Gasteiger partial charge in [-0.1, -0.05) is 20.8 Å². The van der Waals surface area contributed by atoms with Crippen molar-refractivity contribution in [2.75, 3.05) is 20.6 Å². The van der Waals surface area contributed by atoms with E-state index < -0.39 is 5.60 Å². The number of rotatable bonds is 4.